The molecule has 4 rings (SSSR count). The quantitative estimate of drug-likeness (QED) is 0.366. The lowest BCUT2D eigenvalue weighted by Gasteiger charge is -2.19. The lowest BCUT2D eigenvalue weighted by Crippen LogP contribution is -2.20. The van der Waals surface area contributed by atoms with Crippen molar-refractivity contribution in [3.8, 4) is 17.1 Å². The average molecular weight is 448 g/mol. The molecule has 0 aliphatic rings. The minimum atomic E-state index is -0.228. The molecule has 1 heterocycles. The van der Waals surface area contributed by atoms with Gasteiger partial charge in [-0.05, 0) is 59.9 Å². The summed E-state index contributed by atoms with van der Waals surface area (Å²) in [5.41, 5.74) is 5.54. The van der Waals surface area contributed by atoms with Gasteiger partial charge in [-0.1, -0.05) is 56.6 Å². The molecule has 0 aliphatic heterocycles. The Bertz CT molecular complexity index is 1230. The third-order valence-corrected chi connectivity index (χ3v) is 5.68. The molecule has 6 heteroatoms. The van der Waals surface area contributed by atoms with Crippen LogP contribution in [0.1, 0.15) is 31.9 Å². The standard InChI is InChI=1S/C26H26ClN3O2/c1-16-12-22-23(14-21(16)27)30-25(29-22)17-6-5-7-19(13-17)28-24(31)15-32-20-10-8-18(9-11-20)26(2,3)4/h5-14H,15H2,1-4H3,(H,28,31)(H,29,30). The van der Waals surface area contributed by atoms with Gasteiger partial charge < -0.3 is 15.0 Å². The number of fused-ring (bicyclic) bond motifs is 1. The van der Waals surface area contributed by atoms with Crippen LogP contribution in [0.3, 0.4) is 0 Å². The van der Waals surface area contributed by atoms with Crippen molar-refractivity contribution in [2.24, 2.45) is 0 Å². The number of ether oxygens (including phenoxy) is 1. The maximum Gasteiger partial charge on any atom is 0.262 e. The lowest BCUT2D eigenvalue weighted by molar-refractivity contribution is -0.118. The van der Waals surface area contributed by atoms with Crippen LogP contribution in [0.15, 0.2) is 60.7 Å². The molecule has 0 bridgehead atoms. The van der Waals surface area contributed by atoms with E-state index in [9.17, 15) is 4.79 Å². The van der Waals surface area contributed by atoms with Crippen molar-refractivity contribution < 1.29 is 9.53 Å². The van der Waals surface area contributed by atoms with E-state index in [-0.39, 0.29) is 17.9 Å². The van der Waals surface area contributed by atoms with E-state index in [0.29, 0.717) is 22.3 Å². The van der Waals surface area contributed by atoms with E-state index in [1.54, 1.807) is 0 Å². The summed E-state index contributed by atoms with van der Waals surface area (Å²) >= 11 is 6.21. The van der Waals surface area contributed by atoms with Crippen molar-refractivity contribution in [2.45, 2.75) is 33.1 Å². The van der Waals surface area contributed by atoms with Gasteiger partial charge in [0.1, 0.15) is 11.6 Å². The summed E-state index contributed by atoms with van der Waals surface area (Å²) in [6, 6.07) is 19.2. The molecule has 1 aromatic heterocycles. The van der Waals surface area contributed by atoms with E-state index in [4.69, 9.17) is 16.3 Å². The van der Waals surface area contributed by atoms with Gasteiger partial charge in [0.05, 0.1) is 11.0 Å². The first-order valence-electron chi connectivity index (χ1n) is 10.5. The van der Waals surface area contributed by atoms with Gasteiger partial charge in [-0.25, -0.2) is 4.98 Å². The smallest absolute Gasteiger partial charge is 0.262 e. The van der Waals surface area contributed by atoms with E-state index >= 15 is 0 Å². The number of rotatable bonds is 5. The third kappa shape index (κ3) is 4.94. The molecule has 0 aliphatic carbocycles. The van der Waals surface area contributed by atoms with Crippen LogP contribution >= 0.6 is 11.6 Å². The van der Waals surface area contributed by atoms with Crippen molar-refractivity contribution in [3.05, 3.63) is 76.8 Å². The number of aromatic nitrogens is 2. The molecule has 0 radical (unpaired) electrons. The number of carbonyl (C=O) groups excluding carboxylic acids is 1. The predicted octanol–water partition coefficient (Wildman–Crippen LogP) is 6.51. The Morgan fingerprint density at radius 2 is 1.84 bits per heavy atom. The second-order valence-electron chi connectivity index (χ2n) is 8.90. The van der Waals surface area contributed by atoms with Crippen LogP contribution in [0.5, 0.6) is 5.75 Å². The molecule has 4 aromatic rings. The summed E-state index contributed by atoms with van der Waals surface area (Å²) in [6.07, 6.45) is 0. The second-order valence-corrected chi connectivity index (χ2v) is 9.30. The van der Waals surface area contributed by atoms with E-state index in [0.717, 1.165) is 22.2 Å². The zero-order valence-corrected chi connectivity index (χ0v) is 19.4. The number of hydrogen-bond donors (Lipinski definition) is 2. The first-order valence-corrected chi connectivity index (χ1v) is 10.9. The SMILES string of the molecule is Cc1cc2[nH]c(-c3cccc(NC(=O)COc4ccc(C(C)(C)C)cc4)c3)nc2cc1Cl. The van der Waals surface area contributed by atoms with E-state index in [1.807, 2.05) is 67.6 Å². The molecule has 1 amide bonds. The Labute approximate surface area is 192 Å². The molecule has 2 N–H and O–H groups in total. The largest absolute Gasteiger partial charge is 0.484 e. The number of nitrogens with zero attached hydrogens (tertiary/aromatic N) is 1. The maximum absolute atomic E-state index is 12.4. The normalized spacial score (nSPS) is 11.5. The van der Waals surface area contributed by atoms with Gasteiger partial charge in [0, 0.05) is 16.3 Å². The molecule has 0 unspecified atom stereocenters. The van der Waals surface area contributed by atoms with Crippen molar-refractivity contribution in [3.63, 3.8) is 0 Å². The Kier molecular flexibility index (Phi) is 5.94. The van der Waals surface area contributed by atoms with Gasteiger partial charge in [-0.15, -0.1) is 0 Å². The highest BCUT2D eigenvalue weighted by Gasteiger charge is 2.13. The Morgan fingerprint density at radius 1 is 1.09 bits per heavy atom. The van der Waals surface area contributed by atoms with Crippen LogP contribution in [-0.2, 0) is 10.2 Å². The number of anilines is 1. The zero-order chi connectivity index (χ0) is 22.9. The average Bonchev–Trinajstić information content (AvgIpc) is 3.15. The number of aromatic amines is 1. The molecule has 32 heavy (non-hydrogen) atoms. The molecule has 3 aromatic carbocycles. The molecule has 164 valence electrons. The number of imidazole rings is 1. The summed E-state index contributed by atoms with van der Waals surface area (Å²) in [4.78, 5) is 20.3. The third-order valence-electron chi connectivity index (χ3n) is 5.27. The summed E-state index contributed by atoms with van der Waals surface area (Å²) in [5, 5.41) is 3.57. The summed E-state index contributed by atoms with van der Waals surface area (Å²) in [6.45, 7) is 8.37. The molecule has 0 spiro atoms. The number of nitrogens with one attached hydrogen (secondary N) is 2. The Hall–Kier alpha value is -3.31. The fourth-order valence-corrected chi connectivity index (χ4v) is 3.58. The Morgan fingerprint density at radius 3 is 2.56 bits per heavy atom. The number of amides is 1. The van der Waals surface area contributed by atoms with Crippen LogP contribution in [0, 0.1) is 6.92 Å². The van der Waals surface area contributed by atoms with Gasteiger partial charge in [-0.2, -0.15) is 0 Å². The predicted molar refractivity (Wildman–Crippen MR) is 131 cm³/mol. The number of benzene rings is 3. The van der Waals surface area contributed by atoms with Crippen LogP contribution in [-0.4, -0.2) is 22.5 Å². The van der Waals surface area contributed by atoms with Crippen LogP contribution in [0.2, 0.25) is 5.02 Å². The van der Waals surface area contributed by atoms with E-state index in [2.05, 4.69) is 36.1 Å². The lowest BCUT2D eigenvalue weighted by atomic mass is 9.87. The number of hydrogen-bond acceptors (Lipinski definition) is 3. The van der Waals surface area contributed by atoms with Crippen molar-refractivity contribution in [1.82, 2.24) is 9.97 Å². The summed E-state index contributed by atoms with van der Waals surface area (Å²) in [7, 11) is 0. The van der Waals surface area contributed by atoms with Crippen LogP contribution in [0.4, 0.5) is 5.69 Å². The number of halogens is 1. The highest BCUT2D eigenvalue weighted by atomic mass is 35.5. The highest BCUT2D eigenvalue weighted by Crippen LogP contribution is 2.27. The Balaban J connectivity index is 1.42. The number of aryl methyl sites for hydroxylation is 1. The zero-order valence-electron chi connectivity index (χ0n) is 18.6. The minimum Gasteiger partial charge on any atom is -0.484 e. The van der Waals surface area contributed by atoms with Crippen molar-refractivity contribution >= 4 is 34.2 Å². The van der Waals surface area contributed by atoms with Crippen molar-refractivity contribution in [1.29, 1.82) is 0 Å². The van der Waals surface area contributed by atoms with Crippen LogP contribution < -0.4 is 10.1 Å². The van der Waals surface area contributed by atoms with Crippen molar-refractivity contribution in [2.75, 3.05) is 11.9 Å². The fourth-order valence-electron chi connectivity index (χ4n) is 3.42. The molecule has 0 atom stereocenters. The monoisotopic (exact) mass is 447 g/mol. The second kappa shape index (κ2) is 8.67. The minimum absolute atomic E-state index is 0.0680. The topological polar surface area (TPSA) is 67.0 Å². The molecule has 0 saturated carbocycles. The highest BCUT2D eigenvalue weighted by molar-refractivity contribution is 6.32. The molecular formula is C26H26ClN3O2. The molecular weight excluding hydrogens is 422 g/mol. The van der Waals surface area contributed by atoms with Gasteiger partial charge >= 0.3 is 0 Å². The van der Waals surface area contributed by atoms with E-state index in [1.165, 1.54) is 5.56 Å². The first-order chi connectivity index (χ1) is 15.2. The molecule has 0 saturated heterocycles. The summed E-state index contributed by atoms with van der Waals surface area (Å²) in [5.74, 6) is 1.15. The van der Waals surface area contributed by atoms with E-state index < -0.39 is 0 Å². The fraction of sp³-hybridized carbons (Fsp3) is 0.231. The van der Waals surface area contributed by atoms with Crippen LogP contribution in [0.25, 0.3) is 22.4 Å². The number of H-pyrrole nitrogens is 1. The number of carbonyl (C=O) groups is 1. The van der Waals surface area contributed by atoms with Gasteiger partial charge in [0.25, 0.3) is 5.91 Å². The molecule has 0 fully saturated rings. The summed E-state index contributed by atoms with van der Waals surface area (Å²) < 4.78 is 5.64. The molecule has 5 nitrogen and oxygen atoms in total. The maximum atomic E-state index is 12.4. The van der Waals surface area contributed by atoms with Gasteiger partial charge in [-0.3, -0.25) is 4.79 Å². The van der Waals surface area contributed by atoms with Gasteiger partial charge in [0.2, 0.25) is 0 Å². The van der Waals surface area contributed by atoms with Gasteiger partial charge in [0.15, 0.2) is 6.61 Å². The first kappa shape index (κ1) is 21.9.